The van der Waals surface area contributed by atoms with Crippen molar-refractivity contribution < 1.29 is 14.0 Å². The van der Waals surface area contributed by atoms with Crippen molar-refractivity contribution in [1.29, 1.82) is 0 Å². The number of aryl methyl sites for hydroxylation is 1. The zero-order valence-corrected chi connectivity index (χ0v) is 14.4. The standard InChI is InChI=1S/C18H27BO3/c1-6-13-9-10-16(20-12-14-7-8-14)15(11-13)19-21-17(2,3)18(4,5)22-19/h9-11,14H,6-8,12H2,1-5H3. The molecule has 1 saturated carbocycles. The normalized spacial score (nSPS) is 22.9. The number of ether oxygens (including phenoxy) is 1. The summed E-state index contributed by atoms with van der Waals surface area (Å²) in [7, 11) is -0.356. The average Bonchev–Trinajstić information content (AvgIpc) is 3.24. The molecule has 3 rings (SSSR count). The first-order chi connectivity index (χ1) is 10.3. The van der Waals surface area contributed by atoms with Crippen LogP contribution in [0.1, 0.15) is 53.0 Å². The van der Waals surface area contributed by atoms with Gasteiger partial charge >= 0.3 is 7.12 Å². The van der Waals surface area contributed by atoms with Gasteiger partial charge in [-0.25, -0.2) is 0 Å². The van der Waals surface area contributed by atoms with Crippen LogP contribution in [0.15, 0.2) is 18.2 Å². The van der Waals surface area contributed by atoms with Crippen molar-refractivity contribution in [2.45, 2.75) is 65.1 Å². The minimum absolute atomic E-state index is 0.326. The van der Waals surface area contributed by atoms with Gasteiger partial charge in [-0.05, 0) is 64.5 Å². The van der Waals surface area contributed by atoms with Crippen LogP contribution in [0.2, 0.25) is 0 Å². The second-order valence-electron chi connectivity index (χ2n) is 7.57. The SMILES string of the molecule is CCc1ccc(OCC2CC2)c(B2OC(C)(C)C(C)(C)O2)c1. The van der Waals surface area contributed by atoms with E-state index in [2.05, 4.69) is 52.8 Å². The molecule has 1 heterocycles. The van der Waals surface area contributed by atoms with E-state index in [1.807, 2.05) is 0 Å². The Kier molecular flexibility index (Phi) is 4.02. The van der Waals surface area contributed by atoms with Crippen LogP contribution in [0.5, 0.6) is 5.75 Å². The van der Waals surface area contributed by atoms with Crippen LogP contribution in [0.3, 0.4) is 0 Å². The molecular formula is C18H27BO3. The third kappa shape index (κ3) is 3.04. The van der Waals surface area contributed by atoms with Crippen molar-refractivity contribution in [2.24, 2.45) is 5.92 Å². The Hall–Kier alpha value is -0.995. The summed E-state index contributed by atoms with van der Waals surface area (Å²) in [4.78, 5) is 0. The second-order valence-corrected chi connectivity index (χ2v) is 7.57. The average molecular weight is 302 g/mol. The van der Waals surface area contributed by atoms with Crippen molar-refractivity contribution >= 4 is 12.6 Å². The summed E-state index contributed by atoms with van der Waals surface area (Å²) in [6, 6.07) is 6.38. The molecule has 1 aliphatic heterocycles. The van der Waals surface area contributed by atoms with Crippen LogP contribution in [0.4, 0.5) is 0 Å². The summed E-state index contributed by atoms with van der Waals surface area (Å²) in [6.45, 7) is 11.3. The lowest BCUT2D eigenvalue weighted by Crippen LogP contribution is -2.41. The van der Waals surface area contributed by atoms with Crippen molar-refractivity contribution in [1.82, 2.24) is 0 Å². The Morgan fingerprint density at radius 1 is 1.14 bits per heavy atom. The number of benzene rings is 1. The number of rotatable bonds is 5. The van der Waals surface area contributed by atoms with E-state index in [1.54, 1.807) is 0 Å². The number of hydrogen-bond acceptors (Lipinski definition) is 3. The molecule has 22 heavy (non-hydrogen) atoms. The predicted octanol–water partition coefficient (Wildman–Crippen LogP) is 3.34. The monoisotopic (exact) mass is 302 g/mol. The lowest BCUT2D eigenvalue weighted by molar-refractivity contribution is 0.00578. The Morgan fingerprint density at radius 2 is 1.77 bits per heavy atom. The van der Waals surface area contributed by atoms with Gasteiger partial charge in [-0.2, -0.15) is 0 Å². The molecule has 0 aromatic heterocycles. The smallest absolute Gasteiger partial charge is 0.494 e. The van der Waals surface area contributed by atoms with E-state index in [0.717, 1.165) is 30.2 Å². The quantitative estimate of drug-likeness (QED) is 0.781. The largest absolute Gasteiger partial charge is 0.498 e. The van der Waals surface area contributed by atoms with Crippen LogP contribution in [0, 0.1) is 5.92 Å². The molecule has 1 aliphatic carbocycles. The van der Waals surface area contributed by atoms with Gasteiger partial charge in [0.15, 0.2) is 0 Å². The third-order valence-electron chi connectivity index (χ3n) is 5.16. The predicted molar refractivity (Wildman–Crippen MR) is 89.8 cm³/mol. The van der Waals surface area contributed by atoms with Gasteiger partial charge in [0, 0.05) is 5.46 Å². The summed E-state index contributed by atoms with van der Waals surface area (Å²) in [6.07, 6.45) is 3.58. The molecule has 1 saturated heterocycles. The highest BCUT2D eigenvalue weighted by atomic mass is 16.7. The van der Waals surface area contributed by atoms with Crippen LogP contribution in [0.25, 0.3) is 0 Å². The molecule has 2 fully saturated rings. The van der Waals surface area contributed by atoms with E-state index >= 15 is 0 Å². The topological polar surface area (TPSA) is 27.7 Å². The second kappa shape index (κ2) is 5.57. The van der Waals surface area contributed by atoms with Gasteiger partial charge in [0.25, 0.3) is 0 Å². The minimum Gasteiger partial charge on any atom is -0.494 e. The van der Waals surface area contributed by atoms with Crippen LogP contribution in [-0.2, 0) is 15.7 Å². The van der Waals surface area contributed by atoms with Crippen molar-refractivity contribution in [3.63, 3.8) is 0 Å². The fraction of sp³-hybridized carbons (Fsp3) is 0.667. The minimum atomic E-state index is -0.356. The first-order valence-electron chi connectivity index (χ1n) is 8.43. The lowest BCUT2D eigenvalue weighted by atomic mass is 9.77. The molecule has 0 spiro atoms. The molecule has 120 valence electrons. The zero-order chi connectivity index (χ0) is 16.0. The van der Waals surface area contributed by atoms with E-state index in [-0.39, 0.29) is 18.3 Å². The summed E-state index contributed by atoms with van der Waals surface area (Å²) >= 11 is 0. The van der Waals surface area contributed by atoms with E-state index in [9.17, 15) is 0 Å². The molecule has 0 radical (unpaired) electrons. The van der Waals surface area contributed by atoms with E-state index < -0.39 is 0 Å². The first kappa shape index (κ1) is 15.9. The van der Waals surface area contributed by atoms with Crippen LogP contribution >= 0.6 is 0 Å². The van der Waals surface area contributed by atoms with Crippen molar-refractivity contribution in [3.8, 4) is 5.75 Å². The Balaban J connectivity index is 1.86. The Bertz CT molecular complexity index is 533. The Morgan fingerprint density at radius 3 is 2.32 bits per heavy atom. The molecule has 0 unspecified atom stereocenters. The zero-order valence-electron chi connectivity index (χ0n) is 14.4. The molecule has 1 aromatic carbocycles. The summed E-state index contributed by atoms with van der Waals surface area (Å²) in [5.41, 5.74) is 1.66. The molecule has 1 aromatic rings. The van der Waals surface area contributed by atoms with Crippen molar-refractivity contribution in [2.75, 3.05) is 6.61 Å². The first-order valence-corrected chi connectivity index (χ1v) is 8.43. The van der Waals surface area contributed by atoms with Gasteiger partial charge in [0.05, 0.1) is 17.8 Å². The van der Waals surface area contributed by atoms with Crippen molar-refractivity contribution in [3.05, 3.63) is 23.8 Å². The molecule has 3 nitrogen and oxygen atoms in total. The number of hydrogen-bond donors (Lipinski definition) is 0. The van der Waals surface area contributed by atoms with Gasteiger partial charge in [-0.1, -0.05) is 19.1 Å². The third-order valence-corrected chi connectivity index (χ3v) is 5.16. The maximum absolute atomic E-state index is 6.21. The van der Waals surface area contributed by atoms with Gasteiger partial charge in [0.2, 0.25) is 0 Å². The summed E-state index contributed by atoms with van der Waals surface area (Å²) in [5, 5.41) is 0. The maximum atomic E-state index is 6.21. The molecular weight excluding hydrogens is 275 g/mol. The van der Waals surface area contributed by atoms with E-state index in [4.69, 9.17) is 14.0 Å². The molecule has 0 bridgehead atoms. The van der Waals surface area contributed by atoms with Crippen LogP contribution < -0.4 is 10.2 Å². The fourth-order valence-corrected chi connectivity index (χ4v) is 2.60. The molecule has 0 N–H and O–H groups in total. The van der Waals surface area contributed by atoms with Gasteiger partial charge in [0.1, 0.15) is 5.75 Å². The molecule has 0 atom stereocenters. The Labute approximate surface area is 134 Å². The fourth-order valence-electron chi connectivity index (χ4n) is 2.60. The highest BCUT2D eigenvalue weighted by Crippen LogP contribution is 2.37. The lowest BCUT2D eigenvalue weighted by Gasteiger charge is -2.32. The van der Waals surface area contributed by atoms with Crippen LogP contribution in [-0.4, -0.2) is 24.9 Å². The molecule has 0 amide bonds. The van der Waals surface area contributed by atoms with E-state index in [1.165, 1.54) is 18.4 Å². The molecule has 2 aliphatic rings. The van der Waals surface area contributed by atoms with Gasteiger partial charge < -0.3 is 14.0 Å². The highest BCUT2D eigenvalue weighted by molar-refractivity contribution is 6.63. The summed E-state index contributed by atoms with van der Waals surface area (Å²) in [5.74, 6) is 1.64. The highest BCUT2D eigenvalue weighted by Gasteiger charge is 2.52. The maximum Gasteiger partial charge on any atom is 0.498 e. The van der Waals surface area contributed by atoms with Gasteiger partial charge in [-0.3, -0.25) is 0 Å². The summed E-state index contributed by atoms with van der Waals surface area (Å²) < 4.78 is 18.5. The van der Waals surface area contributed by atoms with E-state index in [0.29, 0.717) is 0 Å². The molecule has 4 heteroatoms. The van der Waals surface area contributed by atoms with Gasteiger partial charge in [-0.15, -0.1) is 0 Å².